The van der Waals surface area contributed by atoms with Gasteiger partial charge in [0.15, 0.2) is 0 Å². The van der Waals surface area contributed by atoms with Gasteiger partial charge in [0.25, 0.3) is 0 Å². The molecule has 4 nitrogen and oxygen atoms in total. The second kappa shape index (κ2) is 6.01. The van der Waals surface area contributed by atoms with E-state index < -0.39 is 4.32 Å². The molecular weight excluding hydrogens is 250 g/mol. The minimum Gasteiger partial charge on any atom is -0.466 e. The molecule has 0 heterocycles. The van der Waals surface area contributed by atoms with Gasteiger partial charge >= 0.3 is 5.97 Å². The zero-order chi connectivity index (χ0) is 11.2. The molecule has 0 fully saturated rings. The van der Waals surface area contributed by atoms with Gasteiger partial charge in [0.05, 0.1) is 17.4 Å². The Morgan fingerprint density at radius 2 is 2.00 bits per heavy atom. The van der Waals surface area contributed by atoms with Gasteiger partial charge in [-0.1, -0.05) is 15.9 Å². The molecule has 0 radical (unpaired) electrons. The number of alkyl halides is 1. The highest BCUT2D eigenvalue weighted by molar-refractivity contribution is 9.10. The van der Waals surface area contributed by atoms with Crippen LogP contribution in [0.3, 0.4) is 0 Å². The van der Waals surface area contributed by atoms with Crippen molar-refractivity contribution >= 4 is 27.8 Å². The molecule has 0 saturated carbocycles. The fourth-order valence-electron chi connectivity index (χ4n) is 0.721. The highest BCUT2D eigenvalue weighted by atomic mass is 79.9. The van der Waals surface area contributed by atoms with Crippen molar-refractivity contribution < 1.29 is 14.3 Å². The van der Waals surface area contributed by atoms with Crippen molar-refractivity contribution in [1.29, 1.82) is 0 Å². The summed E-state index contributed by atoms with van der Waals surface area (Å²) in [5.41, 5.74) is 0. The lowest BCUT2D eigenvalue weighted by atomic mass is 10.2. The summed E-state index contributed by atoms with van der Waals surface area (Å²) in [4.78, 5) is 22.2. The molecule has 0 saturated heterocycles. The molecule has 82 valence electrons. The van der Waals surface area contributed by atoms with E-state index in [1.54, 1.807) is 20.8 Å². The Hall–Kier alpha value is -0.580. The van der Waals surface area contributed by atoms with Gasteiger partial charge in [-0.15, -0.1) is 0 Å². The molecule has 0 rings (SSSR count). The van der Waals surface area contributed by atoms with E-state index in [0.717, 1.165) is 0 Å². The standard InChI is InChI=1S/C9H16BrNO3/c1-4-14-7(12)5-6-11-8(13)9(2,3)10/h4-6H2,1-3H3,(H,11,13). The average molecular weight is 266 g/mol. The summed E-state index contributed by atoms with van der Waals surface area (Å²) in [6.07, 6.45) is 0.211. The number of carbonyl (C=O) groups excluding carboxylic acids is 2. The van der Waals surface area contributed by atoms with Gasteiger partial charge in [-0.2, -0.15) is 0 Å². The monoisotopic (exact) mass is 265 g/mol. The maximum atomic E-state index is 11.3. The highest BCUT2D eigenvalue weighted by Crippen LogP contribution is 2.14. The van der Waals surface area contributed by atoms with Crippen molar-refractivity contribution in [1.82, 2.24) is 5.32 Å². The number of carbonyl (C=O) groups is 2. The lowest BCUT2D eigenvalue weighted by molar-refractivity contribution is -0.143. The Balaban J connectivity index is 3.65. The molecule has 14 heavy (non-hydrogen) atoms. The predicted molar refractivity (Wildman–Crippen MR) is 57.3 cm³/mol. The predicted octanol–water partition coefficient (Wildman–Crippen LogP) is 1.23. The molecular formula is C9H16BrNO3. The van der Waals surface area contributed by atoms with Crippen molar-refractivity contribution in [2.24, 2.45) is 0 Å². The van der Waals surface area contributed by atoms with Gasteiger partial charge in [0.2, 0.25) is 5.91 Å². The first kappa shape index (κ1) is 13.4. The van der Waals surface area contributed by atoms with Gasteiger partial charge < -0.3 is 10.1 Å². The number of hydrogen-bond acceptors (Lipinski definition) is 3. The van der Waals surface area contributed by atoms with Gasteiger partial charge in [-0.05, 0) is 20.8 Å². The van der Waals surface area contributed by atoms with Crippen LogP contribution in [0, 0.1) is 0 Å². The van der Waals surface area contributed by atoms with Gasteiger partial charge in [0.1, 0.15) is 0 Å². The smallest absolute Gasteiger partial charge is 0.307 e. The minimum atomic E-state index is -0.596. The Morgan fingerprint density at radius 1 is 1.43 bits per heavy atom. The quantitative estimate of drug-likeness (QED) is 0.601. The van der Waals surface area contributed by atoms with Crippen LogP contribution < -0.4 is 5.32 Å². The number of nitrogens with one attached hydrogen (secondary N) is 1. The van der Waals surface area contributed by atoms with Crippen molar-refractivity contribution in [3.05, 3.63) is 0 Å². The molecule has 0 aliphatic carbocycles. The van der Waals surface area contributed by atoms with Crippen LogP contribution in [0.1, 0.15) is 27.2 Å². The summed E-state index contributed by atoms with van der Waals surface area (Å²) in [5.74, 6) is -0.429. The largest absolute Gasteiger partial charge is 0.466 e. The van der Waals surface area contributed by atoms with Crippen molar-refractivity contribution in [2.75, 3.05) is 13.2 Å². The summed E-state index contributed by atoms with van der Waals surface area (Å²) in [6, 6.07) is 0. The van der Waals surface area contributed by atoms with Crippen LogP contribution in [0.15, 0.2) is 0 Å². The first-order chi connectivity index (χ1) is 6.38. The molecule has 5 heteroatoms. The van der Waals surface area contributed by atoms with E-state index in [0.29, 0.717) is 13.2 Å². The normalized spacial score (nSPS) is 10.9. The Bertz CT molecular complexity index is 211. The third-order valence-corrected chi connectivity index (χ3v) is 1.82. The molecule has 0 aromatic heterocycles. The molecule has 0 spiro atoms. The zero-order valence-corrected chi connectivity index (χ0v) is 10.3. The zero-order valence-electron chi connectivity index (χ0n) is 8.72. The molecule has 0 atom stereocenters. The van der Waals surface area contributed by atoms with Crippen molar-refractivity contribution in [3.63, 3.8) is 0 Å². The van der Waals surface area contributed by atoms with Crippen molar-refractivity contribution in [2.45, 2.75) is 31.5 Å². The summed E-state index contributed by atoms with van der Waals surface area (Å²) < 4.78 is 4.11. The summed E-state index contributed by atoms with van der Waals surface area (Å²) in [7, 11) is 0. The number of hydrogen-bond donors (Lipinski definition) is 1. The molecule has 0 aromatic rings. The second-order valence-corrected chi connectivity index (χ2v) is 5.27. The molecule has 0 aliphatic rings. The summed E-state index contributed by atoms with van der Waals surface area (Å²) in [5, 5.41) is 2.63. The van der Waals surface area contributed by atoms with Crippen LogP contribution in [0.2, 0.25) is 0 Å². The van der Waals surface area contributed by atoms with E-state index in [2.05, 4.69) is 21.2 Å². The fraction of sp³-hybridized carbons (Fsp3) is 0.778. The summed E-state index contributed by atoms with van der Waals surface area (Å²) >= 11 is 3.21. The topological polar surface area (TPSA) is 55.4 Å². The number of rotatable bonds is 5. The molecule has 1 amide bonds. The van der Waals surface area contributed by atoms with E-state index in [1.165, 1.54) is 0 Å². The van der Waals surface area contributed by atoms with Gasteiger partial charge in [-0.3, -0.25) is 9.59 Å². The maximum absolute atomic E-state index is 11.3. The molecule has 0 aliphatic heterocycles. The first-order valence-corrected chi connectivity index (χ1v) is 5.30. The molecule has 0 bridgehead atoms. The van der Waals surface area contributed by atoms with Crippen molar-refractivity contribution in [3.8, 4) is 0 Å². The molecule has 1 N–H and O–H groups in total. The van der Waals surface area contributed by atoms with Crippen LogP contribution in [0.4, 0.5) is 0 Å². The lowest BCUT2D eigenvalue weighted by Crippen LogP contribution is -2.38. The first-order valence-electron chi connectivity index (χ1n) is 4.50. The number of halogens is 1. The summed E-state index contributed by atoms with van der Waals surface area (Å²) in [6.45, 7) is 5.92. The number of ether oxygens (including phenoxy) is 1. The highest BCUT2D eigenvalue weighted by Gasteiger charge is 2.22. The minimum absolute atomic E-state index is 0.137. The average Bonchev–Trinajstić information content (AvgIpc) is 2.02. The van der Waals surface area contributed by atoms with Crippen LogP contribution >= 0.6 is 15.9 Å². The fourth-order valence-corrected chi connectivity index (χ4v) is 0.862. The van der Waals surface area contributed by atoms with Gasteiger partial charge in [0, 0.05) is 6.54 Å². The number of esters is 1. The molecule has 0 aromatic carbocycles. The van der Waals surface area contributed by atoms with Crippen LogP contribution in [-0.2, 0) is 14.3 Å². The van der Waals surface area contributed by atoms with E-state index >= 15 is 0 Å². The van der Waals surface area contributed by atoms with E-state index in [-0.39, 0.29) is 18.3 Å². The van der Waals surface area contributed by atoms with Crippen LogP contribution in [0.25, 0.3) is 0 Å². The Morgan fingerprint density at radius 3 is 2.43 bits per heavy atom. The SMILES string of the molecule is CCOC(=O)CCNC(=O)C(C)(C)Br. The van der Waals surface area contributed by atoms with E-state index in [4.69, 9.17) is 4.74 Å². The number of amides is 1. The third-order valence-electron chi connectivity index (χ3n) is 1.46. The van der Waals surface area contributed by atoms with Crippen LogP contribution in [0.5, 0.6) is 0 Å². The Labute approximate surface area is 92.5 Å². The maximum Gasteiger partial charge on any atom is 0.307 e. The van der Waals surface area contributed by atoms with E-state index in [9.17, 15) is 9.59 Å². The van der Waals surface area contributed by atoms with Gasteiger partial charge in [-0.25, -0.2) is 0 Å². The Kier molecular flexibility index (Phi) is 5.76. The van der Waals surface area contributed by atoms with E-state index in [1.807, 2.05) is 0 Å². The third kappa shape index (κ3) is 5.96. The molecule has 0 unspecified atom stereocenters. The van der Waals surface area contributed by atoms with Crippen LogP contribution in [-0.4, -0.2) is 29.4 Å². The second-order valence-electron chi connectivity index (χ2n) is 3.28. The lowest BCUT2D eigenvalue weighted by Gasteiger charge is -2.15.